The first kappa shape index (κ1) is 20.2. The van der Waals surface area contributed by atoms with Gasteiger partial charge < -0.3 is 18.9 Å². The lowest BCUT2D eigenvalue weighted by molar-refractivity contribution is -0.195. The van der Waals surface area contributed by atoms with Crippen LogP contribution in [0, 0.1) is 6.92 Å². The van der Waals surface area contributed by atoms with E-state index in [1.54, 1.807) is 31.2 Å². The number of benzene rings is 1. The average molecular weight is 377 g/mol. The van der Waals surface area contributed by atoms with Crippen LogP contribution in [0.3, 0.4) is 0 Å². The summed E-state index contributed by atoms with van der Waals surface area (Å²) in [6.45, 7) is 3.79. The van der Waals surface area contributed by atoms with Gasteiger partial charge in [-0.3, -0.25) is 9.59 Å². The molecule has 0 unspecified atom stereocenters. The Kier molecular flexibility index (Phi) is 6.75. The summed E-state index contributed by atoms with van der Waals surface area (Å²) in [4.78, 5) is 37.6. The maximum atomic E-state index is 12.3. The van der Waals surface area contributed by atoms with Crippen molar-refractivity contribution in [3.63, 3.8) is 0 Å². The molecule has 1 saturated heterocycles. The molecular weight excluding hydrogens is 358 g/mol. The average Bonchev–Trinajstić information content (AvgIpc) is 2.89. The van der Waals surface area contributed by atoms with Crippen LogP contribution in [-0.4, -0.2) is 49.1 Å². The maximum absolute atomic E-state index is 12.3. The number of carbonyl (C=O) groups is 3. The first-order valence-corrected chi connectivity index (χ1v) is 8.10. The van der Waals surface area contributed by atoms with Crippen LogP contribution in [0.4, 0.5) is 0 Å². The zero-order valence-electron chi connectivity index (χ0n) is 15.0. The van der Waals surface area contributed by atoms with E-state index in [1.165, 1.54) is 0 Å². The highest BCUT2D eigenvalue weighted by Crippen LogP contribution is 2.28. The van der Waals surface area contributed by atoms with E-state index in [0.29, 0.717) is 5.56 Å². The van der Waals surface area contributed by atoms with Crippen molar-refractivity contribution in [2.45, 2.75) is 45.3 Å². The largest absolute Gasteiger partial charge is 0.459 e. The van der Waals surface area contributed by atoms with E-state index in [9.17, 15) is 14.4 Å². The molecule has 0 bridgehead atoms. The molecule has 4 atom stereocenters. The van der Waals surface area contributed by atoms with Gasteiger partial charge in [0.1, 0.15) is 18.8 Å². The van der Waals surface area contributed by atoms with Gasteiger partial charge in [-0.15, -0.1) is 0 Å². The molecular formula is C17H19N3O7. The Balaban J connectivity index is 2.14. The molecule has 1 aromatic rings. The lowest BCUT2D eigenvalue weighted by Crippen LogP contribution is -2.38. The van der Waals surface area contributed by atoms with Gasteiger partial charge in [-0.1, -0.05) is 23.3 Å². The Labute approximate surface area is 155 Å². The Morgan fingerprint density at radius 3 is 2.44 bits per heavy atom. The van der Waals surface area contributed by atoms with E-state index in [2.05, 4.69) is 10.0 Å². The summed E-state index contributed by atoms with van der Waals surface area (Å²) in [5.41, 5.74) is 9.92. The van der Waals surface area contributed by atoms with Gasteiger partial charge in [0.25, 0.3) is 0 Å². The molecule has 10 heteroatoms. The Hall–Kier alpha value is -3.10. The van der Waals surface area contributed by atoms with E-state index in [1.807, 2.05) is 0 Å². The predicted octanol–water partition coefficient (Wildman–Crippen LogP) is 2.05. The maximum Gasteiger partial charge on any atom is 0.338 e. The Morgan fingerprint density at radius 2 is 1.85 bits per heavy atom. The van der Waals surface area contributed by atoms with Gasteiger partial charge in [-0.05, 0) is 24.1 Å². The molecule has 27 heavy (non-hydrogen) atoms. The fraction of sp³-hybridized carbons (Fsp3) is 0.471. The molecule has 0 aromatic heterocycles. The van der Waals surface area contributed by atoms with Crippen molar-refractivity contribution in [2.75, 3.05) is 6.61 Å². The van der Waals surface area contributed by atoms with Crippen molar-refractivity contribution in [3.8, 4) is 0 Å². The molecule has 1 aromatic carbocycles. The Bertz CT molecular complexity index is 776. The van der Waals surface area contributed by atoms with E-state index in [0.717, 1.165) is 19.4 Å². The molecule has 1 aliphatic rings. The number of aryl methyl sites for hydroxylation is 1. The Morgan fingerprint density at radius 1 is 1.19 bits per heavy atom. The molecule has 1 fully saturated rings. The second-order valence-electron chi connectivity index (χ2n) is 5.84. The lowest BCUT2D eigenvalue weighted by atomic mass is 10.1. The third-order valence-corrected chi connectivity index (χ3v) is 3.81. The number of esters is 3. The van der Waals surface area contributed by atoms with Crippen molar-refractivity contribution in [1.29, 1.82) is 0 Å². The van der Waals surface area contributed by atoms with Gasteiger partial charge in [-0.25, -0.2) is 4.79 Å². The van der Waals surface area contributed by atoms with Gasteiger partial charge >= 0.3 is 17.9 Å². The van der Waals surface area contributed by atoms with Crippen LogP contribution in [0.5, 0.6) is 0 Å². The highest BCUT2D eigenvalue weighted by molar-refractivity contribution is 5.90. The van der Waals surface area contributed by atoms with Gasteiger partial charge in [0, 0.05) is 18.8 Å². The van der Waals surface area contributed by atoms with Gasteiger partial charge in [0.2, 0.25) is 6.29 Å². The van der Waals surface area contributed by atoms with Crippen LogP contribution in [0.2, 0.25) is 0 Å². The van der Waals surface area contributed by atoms with Gasteiger partial charge in [0.15, 0.2) is 6.10 Å². The smallest absolute Gasteiger partial charge is 0.338 e. The third-order valence-electron chi connectivity index (χ3n) is 3.81. The first-order chi connectivity index (χ1) is 12.8. The minimum absolute atomic E-state index is 0.285. The number of hydrogen-bond acceptors (Lipinski definition) is 8. The molecule has 0 radical (unpaired) electrons. The van der Waals surface area contributed by atoms with Crippen LogP contribution in [0.25, 0.3) is 10.4 Å². The van der Waals surface area contributed by atoms with E-state index in [4.69, 9.17) is 24.5 Å². The van der Waals surface area contributed by atoms with Crippen molar-refractivity contribution >= 4 is 17.9 Å². The van der Waals surface area contributed by atoms with Crippen LogP contribution >= 0.6 is 0 Å². The second kappa shape index (κ2) is 9.02. The van der Waals surface area contributed by atoms with Crippen molar-refractivity contribution in [2.24, 2.45) is 5.11 Å². The third kappa shape index (κ3) is 5.19. The standard InChI is InChI=1S/C17H19N3O7/c1-9-6-4-5-7-12(9)16(23)24-8-13-14(19-20-18)15(25-10(2)21)17(27-13)26-11(3)22/h4-7,13-15,17H,8H2,1-3H3/t13-,14-,15-,17+/m1/s1. The van der Waals surface area contributed by atoms with Crippen LogP contribution in [0.15, 0.2) is 29.4 Å². The normalized spacial score (nSPS) is 23.8. The SMILES string of the molecule is CC(=O)O[C@H]1O[C@H](COC(=O)c2ccccc2C)[C@@H](N=[N+]=[N-])[C@H]1OC(C)=O. The summed E-state index contributed by atoms with van der Waals surface area (Å²) in [5.74, 6) is -1.93. The topological polar surface area (TPSA) is 137 Å². The molecule has 1 heterocycles. The van der Waals surface area contributed by atoms with Crippen LogP contribution in [0.1, 0.15) is 29.8 Å². The number of nitrogens with zero attached hydrogens (tertiary/aromatic N) is 3. The summed E-state index contributed by atoms with van der Waals surface area (Å²) in [6, 6.07) is 5.83. The van der Waals surface area contributed by atoms with Crippen LogP contribution in [-0.2, 0) is 28.5 Å². The van der Waals surface area contributed by atoms with Crippen molar-refractivity contribution in [3.05, 3.63) is 45.8 Å². The minimum Gasteiger partial charge on any atom is -0.459 e. The quantitative estimate of drug-likeness (QED) is 0.243. The lowest BCUT2D eigenvalue weighted by Gasteiger charge is -2.19. The van der Waals surface area contributed by atoms with E-state index < -0.39 is 42.4 Å². The molecule has 0 saturated carbocycles. The fourth-order valence-electron chi connectivity index (χ4n) is 2.65. The van der Waals surface area contributed by atoms with Gasteiger partial charge in [0.05, 0.1) is 5.56 Å². The van der Waals surface area contributed by atoms with Gasteiger partial charge in [-0.2, -0.15) is 0 Å². The molecule has 2 rings (SSSR count). The number of hydrogen-bond donors (Lipinski definition) is 0. The predicted molar refractivity (Wildman–Crippen MR) is 90.4 cm³/mol. The molecule has 144 valence electrons. The van der Waals surface area contributed by atoms with Crippen molar-refractivity contribution in [1.82, 2.24) is 0 Å². The highest BCUT2D eigenvalue weighted by atomic mass is 16.7. The second-order valence-corrected chi connectivity index (χ2v) is 5.84. The van der Waals surface area contributed by atoms with E-state index in [-0.39, 0.29) is 6.61 Å². The number of rotatable bonds is 6. The number of azide groups is 1. The first-order valence-electron chi connectivity index (χ1n) is 8.10. The zero-order chi connectivity index (χ0) is 20.0. The van der Waals surface area contributed by atoms with E-state index >= 15 is 0 Å². The highest BCUT2D eigenvalue weighted by Gasteiger charge is 2.49. The molecule has 0 N–H and O–H groups in total. The number of carbonyl (C=O) groups excluding carboxylic acids is 3. The molecule has 1 aliphatic heterocycles. The monoisotopic (exact) mass is 377 g/mol. The van der Waals surface area contributed by atoms with Crippen LogP contribution < -0.4 is 0 Å². The summed E-state index contributed by atoms with van der Waals surface area (Å²) < 4.78 is 20.8. The summed E-state index contributed by atoms with van der Waals surface area (Å²) in [6.07, 6.45) is -3.38. The number of ether oxygens (including phenoxy) is 4. The summed E-state index contributed by atoms with van der Waals surface area (Å²) in [7, 11) is 0. The van der Waals surface area contributed by atoms with Crippen molar-refractivity contribution < 1.29 is 33.3 Å². The molecule has 0 spiro atoms. The summed E-state index contributed by atoms with van der Waals surface area (Å²) in [5, 5.41) is 3.56. The molecule has 0 amide bonds. The molecule has 10 nitrogen and oxygen atoms in total. The summed E-state index contributed by atoms with van der Waals surface area (Å²) >= 11 is 0. The molecule has 0 aliphatic carbocycles. The zero-order valence-corrected chi connectivity index (χ0v) is 15.0. The minimum atomic E-state index is -1.27. The fourth-order valence-corrected chi connectivity index (χ4v) is 2.65.